The van der Waals surface area contributed by atoms with E-state index in [4.69, 9.17) is 12.2 Å². The van der Waals surface area contributed by atoms with E-state index in [1.807, 2.05) is 63.2 Å². The highest BCUT2D eigenvalue weighted by Gasteiger charge is 2.18. The first-order chi connectivity index (χ1) is 12.4. The van der Waals surface area contributed by atoms with Crippen molar-refractivity contribution in [1.82, 2.24) is 9.78 Å². The van der Waals surface area contributed by atoms with E-state index in [2.05, 4.69) is 16.5 Å². The molecule has 0 aliphatic rings. The van der Waals surface area contributed by atoms with Crippen LogP contribution in [-0.2, 0) is 4.79 Å². The molecule has 1 amide bonds. The first-order valence-electron chi connectivity index (χ1n) is 8.14. The number of anilines is 1. The number of rotatable bonds is 5. The van der Waals surface area contributed by atoms with Gasteiger partial charge in [-0.1, -0.05) is 59.0 Å². The zero-order valence-corrected chi connectivity index (χ0v) is 17.2. The van der Waals surface area contributed by atoms with Gasteiger partial charge < -0.3 is 5.32 Å². The van der Waals surface area contributed by atoms with Crippen molar-refractivity contribution in [1.29, 1.82) is 0 Å². The van der Waals surface area contributed by atoms with Crippen molar-refractivity contribution in [3.63, 3.8) is 0 Å². The molecule has 3 aromatic rings. The lowest BCUT2D eigenvalue weighted by molar-refractivity contribution is -0.115. The van der Waals surface area contributed by atoms with Gasteiger partial charge in [0.1, 0.15) is 0 Å². The van der Waals surface area contributed by atoms with E-state index >= 15 is 0 Å². The molecule has 134 valence electrons. The Labute approximate surface area is 166 Å². The van der Waals surface area contributed by atoms with Crippen molar-refractivity contribution < 1.29 is 4.79 Å². The summed E-state index contributed by atoms with van der Waals surface area (Å²) >= 11 is 8.25. The predicted octanol–water partition coefficient (Wildman–Crippen LogP) is 5.40. The normalized spacial score (nSPS) is 12.0. The fourth-order valence-electron chi connectivity index (χ4n) is 2.43. The Balaban J connectivity index is 1.71. The smallest absolute Gasteiger partial charge is 0.237 e. The second-order valence-corrected chi connectivity index (χ2v) is 9.16. The van der Waals surface area contributed by atoms with Crippen LogP contribution in [0.2, 0.25) is 0 Å². The highest BCUT2D eigenvalue weighted by molar-refractivity contribution is 8.02. The average Bonchev–Trinajstić information content (AvgIpc) is 2.98. The molecule has 0 spiro atoms. The second-order valence-electron chi connectivity index (χ2n) is 5.95. The van der Waals surface area contributed by atoms with Crippen LogP contribution in [0, 0.1) is 17.8 Å². The van der Waals surface area contributed by atoms with Gasteiger partial charge in [0.25, 0.3) is 0 Å². The van der Waals surface area contributed by atoms with Crippen molar-refractivity contribution >= 4 is 46.9 Å². The van der Waals surface area contributed by atoms with Crippen molar-refractivity contribution in [3.05, 3.63) is 63.6 Å². The Morgan fingerprint density at radius 1 is 1.23 bits per heavy atom. The number of aromatic nitrogens is 2. The molecule has 4 nitrogen and oxygen atoms in total. The minimum atomic E-state index is -0.277. The number of amides is 1. The predicted molar refractivity (Wildman–Crippen MR) is 112 cm³/mol. The van der Waals surface area contributed by atoms with E-state index in [0.29, 0.717) is 3.95 Å². The number of nitrogens with one attached hydrogen (secondary N) is 1. The van der Waals surface area contributed by atoms with Crippen LogP contribution in [0.5, 0.6) is 0 Å². The quantitative estimate of drug-likeness (QED) is 0.459. The number of hydrogen-bond donors (Lipinski definition) is 1. The summed E-state index contributed by atoms with van der Waals surface area (Å²) in [6.45, 7) is 5.91. The molecule has 1 aromatic heterocycles. The van der Waals surface area contributed by atoms with Crippen LogP contribution in [0.25, 0.3) is 5.69 Å². The van der Waals surface area contributed by atoms with Gasteiger partial charge in [-0.05, 0) is 56.8 Å². The van der Waals surface area contributed by atoms with Gasteiger partial charge in [0.15, 0.2) is 8.29 Å². The van der Waals surface area contributed by atoms with Gasteiger partial charge in [-0.15, -0.1) is 5.10 Å². The third-order valence-corrected chi connectivity index (χ3v) is 6.23. The van der Waals surface area contributed by atoms with Gasteiger partial charge in [0.2, 0.25) is 5.91 Å². The average molecular weight is 402 g/mol. The topological polar surface area (TPSA) is 46.9 Å². The number of thioether (sulfide) groups is 1. The SMILES string of the molecule is Cc1ccc(NC(=O)[C@@H](C)Sc2nn(-c3ccccc3)c(=S)s2)c(C)c1. The molecule has 1 heterocycles. The zero-order valence-electron chi connectivity index (χ0n) is 14.7. The largest absolute Gasteiger partial charge is 0.325 e. The standard InChI is InChI=1S/C19H19N3OS3/c1-12-9-10-16(13(2)11-12)20-17(23)14(3)25-18-21-22(19(24)26-18)15-7-5-4-6-8-15/h4-11,14H,1-3H3,(H,20,23)/t14-/m1/s1. The summed E-state index contributed by atoms with van der Waals surface area (Å²) in [5.74, 6) is -0.0469. The molecule has 0 aliphatic carbocycles. The molecular formula is C19H19N3OS3. The zero-order chi connectivity index (χ0) is 18.7. The molecule has 0 saturated heterocycles. The summed E-state index contributed by atoms with van der Waals surface area (Å²) in [6.07, 6.45) is 0. The van der Waals surface area contributed by atoms with Crippen LogP contribution in [0.1, 0.15) is 18.1 Å². The van der Waals surface area contributed by atoms with Gasteiger partial charge in [-0.2, -0.15) is 0 Å². The van der Waals surface area contributed by atoms with Crippen LogP contribution in [-0.4, -0.2) is 20.9 Å². The summed E-state index contributed by atoms with van der Waals surface area (Å²) < 4.78 is 3.18. The summed E-state index contributed by atoms with van der Waals surface area (Å²) in [4.78, 5) is 12.5. The summed E-state index contributed by atoms with van der Waals surface area (Å²) in [7, 11) is 0. The van der Waals surface area contributed by atoms with Crippen molar-refractivity contribution in [3.8, 4) is 5.69 Å². The molecule has 0 unspecified atom stereocenters. The van der Waals surface area contributed by atoms with E-state index in [1.165, 1.54) is 28.7 Å². The maximum absolute atomic E-state index is 12.5. The number of nitrogens with zero attached hydrogens (tertiary/aromatic N) is 2. The van der Waals surface area contributed by atoms with Crippen molar-refractivity contribution in [2.45, 2.75) is 30.4 Å². The highest BCUT2D eigenvalue weighted by Crippen LogP contribution is 2.28. The van der Waals surface area contributed by atoms with E-state index in [0.717, 1.165) is 21.3 Å². The lowest BCUT2D eigenvalue weighted by Crippen LogP contribution is -2.22. The highest BCUT2D eigenvalue weighted by atomic mass is 32.2. The summed E-state index contributed by atoms with van der Waals surface area (Å²) in [5, 5.41) is 7.27. The third kappa shape index (κ3) is 4.41. The number of para-hydroxylation sites is 1. The lowest BCUT2D eigenvalue weighted by Gasteiger charge is -2.12. The van der Waals surface area contributed by atoms with Crippen LogP contribution in [0.4, 0.5) is 5.69 Å². The Morgan fingerprint density at radius 3 is 2.65 bits per heavy atom. The molecule has 2 aromatic carbocycles. The molecule has 0 bridgehead atoms. The first-order valence-corrected chi connectivity index (χ1v) is 10.2. The molecule has 26 heavy (non-hydrogen) atoms. The molecular weight excluding hydrogens is 382 g/mol. The maximum atomic E-state index is 12.5. The molecule has 0 aliphatic heterocycles. The Bertz CT molecular complexity index is 979. The van der Waals surface area contributed by atoms with Crippen molar-refractivity contribution in [2.75, 3.05) is 5.32 Å². The number of benzene rings is 2. The fourth-order valence-corrected chi connectivity index (χ4v) is 4.94. The molecule has 1 N–H and O–H groups in total. The van der Waals surface area contributed by atoms with Crippen molar-refractivity contribution in [2.24, 2.45) is 0 Å². The van der Waals surface area contributed by atoms with Crippen LogP contribution in [0.3, 0.4) is 0 Å². The summed E-state index contributed by atoms with van der Waals surface area (Å²) in [6, 6.07) is 15.8. The molecule has 0 saturated carbocycles. The number of carbonyl (C=O) groups excluding carboxylic acids is 1. The maximum Gasteiger partial charge on any atom is 0.237 e. The molecule has 0 fully saturated rings. The minimum absolute atomic E-state index is 0.0469. The molecule has 0 radical (unpaired) electrons. The van der Waals surface area contributed by atoms with Gasteiger partial charge >= 0.3 is 0 Å². The first kappa shape index (κ1) is 18.8. The van der Waals surface area contributed by atoms with Gasteiger partial charge in [0.05, 0.1) is 10.9 Å². The van der Waals surface area contributed by atoms with E-state index in [9.17, 15) is 4.79 Å². The Hall–Kier alpha value is -1.96. The lowest BCUT2D eigenvalue weighted by atomic mass is 10.1. The van der Waals surface area contributed by atoms with Crippen LogP contribution < -0.4 is 5.32 Å². The Morgan fingerprint density at radius 2 is 1.96 bits per heavy atom. The monoisotopic (exact) mass is 401 g/mol. The number of carbonyl (C=O) groups is 1. The van der Waals surface area contributed by atoms with Crippen LogP contribution >= 0.6 is 35.3 Å². The van der Waals surface area contributed by atoms with Gasteiger partial charge in [-0.25, -0.2) is 4.68 Å². The number of hydrogen-bond acceptors (Lipinski definition) is 5. The molecule has 7 heteroatoms. The van der Waals surface area contributed by atoms with E-state index in [-0.39, 0.29) is 11.2 Å². The minimum Gasteiger partial charge on any atom is -0.325 e. The van der Waals surface area contributed by atoms with Gasteiger partial charge in [-0.3, -0.25) is 4.79 Å². The van der Waals surface area contributed by atoms with E-state index in [1.54, 1.807) is 4.68 Å². The molecule has 1 atom stereocenters. The fraction of sp³-hybridized carbons (Fsp3) is 0.211. The third-order valence-electron chi connectivity index (χ3n) is 3.82. The summed E-state index contributed by atoms with van der Waals surface area (Å²) in [5.41, 5.74) is 4.00. The second kappa shape index (κ2) is 8.16. The van der Waals surface area contributed by atoms with Gasteiger partial charge in [0, 0.05) is 5.69 Å². The molecule has 3 rings (SSSR count). The number of aryl methyl sites for hydroxylation is 2. The van der Waals surface area contributed by atoms with Crippen LogP contribution in [0.15, 0.2) is 52.9 Å². The van der Waals surface area contributed by atoms with E-state index < -0.39 is 0 Å². The Kier molecular flexibility index (Phi) is 5.90.